The van der Waals surface area contributed by atoms with Gasteiger partial charge in [0.1, 0.15) is 12.7 Å². The molecule has 3 unspecified atom stereocenters. The van der Waals surface area contributed by atoms with Crippen molar-refractivity contribution in [3.05, 3.63) is 72.9 Å². The summed E-state index contributed by atoms with van der Waals surface area (Å²) in [6.07, 6.45) is 66.1. The summed E-state index contributed by atoms with van der Waals surface area (Å²) in [5.41, 5.74) is 0. The molecule has 12 heteroatoms. The first kappa shape index (κ1) is 72.9. The van der Waals surface area contributed by atoms with Gasteiger partial charge in [-0.2, -0.15) is 0 Å². The number of hydrogen-bond donors (Lipinski definition) is 2. The van der Waals surface area contributed by atoms with E-state index in [0.717, 1.165) is 83.5 Å². The van der Waals surface area contributed by atoms with Crippen molar-refractivity contribution in [1.82, 2.24) is 0 Å². The molecule has 0 heterocycles. The van der Waals surface area contributed by atoms with Gasteiger partial charge in [-0.05, 0) is 70.6 Å². The monoisotopic (exact) mass is 1090 g/mol. The van der Waals surface area contributed by atoms with Gasteiger partial charge >= 0.3 is 25.7 Å². The Labute approximate surface area is 465 Å². The van der Waals surface area contributed by atoms with E-state index in [9.17, 15) is 28.9 Å². The zero-order chi connectivity index (χ0) is 55.5. The number of carbonyl (C=O) groups excluding carboxylic acids is 3. The lowest BCUT2D eigenvalue weighted by molar-refractivity contribution is -0.160. The Bertz CT molecular complexity index is 1550. The van der Waals surface area contributed by atoms with Crippen molar-refractivity contribution in [2.24, 2.45) is 0 Å². The molecule has 0 spiro atoms. The minimum absolute atomic E-state index is 0.0643. The van der Waals surface area contributed by atoms with Crippen LogP contribution in [0.3, 0.4) is 0 Å². The first-order valence-corrected chi connectivity index (χ1v) is 32.3. The van der Waals surface area contributed by atoms with Gasteiger partial charge in [-0.25, -0.2) is 4.57 Å². The number of carbonyl (C=O) groups is 3. The van der Waals surface area contributed by atoms with E-state index >= 15 is 0 Å². The molecule has 76 heavy (non-hydrogen) atoms. The first-order valence-electron chi connectivity index (χ1n) is 30.8. The number of allylic oxidation sites excluding steroid dienone is 11. The maximum Gasteiger partial charge on any atom is 0.472 e. The van der Waals surface area contributed by atoms with Crippen LogP contribution in [-0.4, -0.2) is 66.5 Å². The van der Waals surface area contributed by atoms with E-state index in [1.54, 1.807) is 6.08 Å². The molecular formula is C64H113O11P. The number of unbranched alkanes of at least 4 members (excludes halogenated alkanes) is 29. The summed E-state index contributed by atoms with van der Waals surface area (Å²) in [4.78, 5) is 48.6. The number of aliphatic hydroxyl groups excluding tert-OH is 1. The molecule has 11 nitrogen and oxygen atoms in total. The molecule has 0 saturated heterocycles. The van der Waals surface area contributed by atoms with Gasteiger partial charge < -0.3 is 24.2 Å². The van der Waals surface area contributed by atoms with Crippen molar-refractivity contribution in [3.8, 4) is 0 Å². The number of esters is 3. The Kier molecular flexibility index (Phi) is 55.7. The van der Waals surface area contributed by atoms with Crippen molar-refractivity contribution in [2.45, 2.75) is 290 Å². The second-order valence-electron chi connectivity index (χ2n) is 20.5. The highest BCUT2D eigenvalue weighted by atomic mass is 31.2. The minimum atomic E-state index is -4.78. The number of hydrogen-bond acceptors (Lipinski definition) is 10. The van der Waals surface area contributed by atoms with Gasteiger partial charge in [0, 0.05) is 12.8 Å². The third kappa shape index (κ3) is 55.7. The fourth-order valence-corrected chi connectivity index (χ4v) is 9.27. The molecule has 0 rings (SSSR count). The van der Waals surface area contributed by atoms with Crippen LogP contribution in [0.4, 0.5) is 0 Å². The largest absolute Gasteiger partial charge is 0.472 e. The van der Waals surface area contributed by atoms with E-state index in [0.29, 0.717) is 19.3 Å². The molecule has 0 amide bonds. The molecule has 0 aromatic heterocycles. The number of ether oxygens (including phenoxy) is 3. The van der Waals surface area contributed by atoms with Gasteiger partial charge in [-0.1, -0.05) is 261 Å². The molecule has 3 atom stereocenters. The molecule has 2 N–H and O–H groups in total. The topological polar surface area (TPSA) is 155 Å². The maximum atomic E-state index is 12.9. The van der Waals surface area contributed by atoms with Crippen molar-refractivity contribution in [2.75, 3.05) is 26.4 Å². The Hall–Kier alpha value is -3.08. The fraction of sp³-hybridized carbons (Fsp3) is 0.766. The molecule has 440 valence electrons. The summed E-state index contributed by atoms with van der Waals surface area (Å²) in [6, 6.07) is 0. The molecule has 0 bridgehead atoms. The average molecular weight is 1090 g/mol. The smallest absolute Gasteiger partial charge is 0.462 e. The van der Waals surface area contributed by atoms with Gasteiger partial charge in [0.05, 0.1) is 26.2 Å². The first-order chi connectivity index (χ1) is 37.2. The van der Waals surface area contributed by atoms with Crippen LogP contribution in [0.25, 0.3) is 0 Å². The predicted octanol–water partition coefficient (Wildman–Crippen LogP) is 18.5. The normalized spacial score (nSPS) is 13.8. The third-order valence-electron chi connectivity index (χ3n) is 13.1. The molecule has 0 fully saturated rings. The molecule has 0 saturated carbocycles. The van der Waals surface area contributed by atoms with Crippen LogP contribution < -0.4 is 0 Å². The number of phosphoric acid groups is 1. The van der Waals surface area contributed by atoms with E-state index in [2.05, 4.69) is 75.5 Å². The van der Waals surface area contributed by atoms with Crippen LogP contribution in [0.15, 0.2) is 72.9 Å². The van der Waals surface area contributed by atoms with E-state index in [1.807, 2.05) is 12.2 Å². The van der Waals surface area contributed by atoms with E-state index in [1.165, 1.54) is 135 Å². The van der Waals surface area contributed by atoms with Crippen molar-refractivity contribution >= 4 is 25.7 Å². The molecule has 0 aliphatic carbocycles. The summed E-state index contributed by atoms with van der Waals surface area (Å²) in [7, 11) is -4.78. The van der Waals surface area contributed by atoms with Gasteiger partial charge in [0.25, 0.3) is 0 Å². The summed E-state index contributed by atoms with van der Waals surface area (Å²) >= 11 is 0. The predicted molar refractivity (Wildman–Crippen MR) is 316 cm³/mol. The second-order valence-corrected chi connectivity index (χ2v) is 22.0. The SMILES string of the molecule is CC/C=C\C/C=C\C/C=C\C/C=C\C/C=C\CC(=O)OC(COC(=O)CCCCCCCCCCCCCCCCCCCCC)COP(=O)(O)OCC(CO)OC(=O)CCCCCCC/C=C\CCCCCCCC. The van der Waals surface area contributed by atoms with Crippen LogP contribution in [0.5, 0.6) is 0 Å². The van der Waals surface area contributed by atoms with Crippen molar-refractivity contribution in [1.29, 1.82) is 0 Å². The summed E-state index contributed by atoms with van der Waals surface area (Å²) in [5.74, 6) is -1.61. The summed E-state index contributed by atoms with van der Waals surface area (Å²) in [5, 5.41) is 9.82. The van der Waals surface area contributed by atoms with Gasteiger partial charge in [-0.3, -0.25) is 23.4 Å². The summed E-state index contributed by atoms with van der Waals surface area (Å²) in [6.45, 7) is 4.44. The zero-order valence-electron chi connectivity index (χ0n) is 48.7. The van der Waals surface area contributed by atoms with Crippen molar-refractivity contribution < 1.29 is 52.2 Å². The molecule has 0 aliphatic rings. The Morgan fingerprint density at radius 2 is 0.737 bits per heavy atom. The Morgan fingerprint density at radius 1 is 0.395 bits per heavy atom. The molecule has 0 radical (unpaired) electrons. The zero-order valence-corrected chi connectivity index (χ0v) is 49.6. The molecular weight excluding hydrogens is 976 g/mol. The highest BCUT2D eigenvalue weighted by Crippen LogP contribution is 2.43. The number of phosphoric ester groups is 1. The third-order valence-corrected chi connectivity index (χ3v) is 14.1. The van der Waals surface area contributed by atoms with Crippen LogP contribution in [0, 0.1) is 0 Å². The molecule has 0 aromatic carbocycles. The van der Waals surface area contributed by atoms with Gasteiger partial charge in [-0.15, -0.1) is 0 Å². The average Bonchev–Trinajstić information content (AvgIpc) is 3.41. The Morgan fingerprint density at radius 3 is 1.14 bits per heavy atom. The fourth-order valence-electron chi connectivity index (χ4n) is 8.49. The standard InChI is InChI=1S/C64H113O11P/c1-4-7-10-13-16-19-22-25-28-29-30-31-34-35-38-41-44-47-50-53-62(66)71-57-61(75-64(68)55-52-49-46-43-40-37-33-27-24-21-18-15-12-9-6-3)59-73-76(69,70)72-58-60(56-65)74-63(67)54-51-48-45-42-39-36-32-26-23-20-17-14-11-8-5-2/h9,12,18,21,26-27,32-33,40,43,49,52,60-61,65H,4-8,10-11,13-17,19-20,22-25,28-31,34-39,41-42,44-48,50-51,53-59H2,1-3H3,(H,69,70)/b12-9-,21-18-,32-26-,33-27-,43-40-,52-49-. The lowest BCUT2D eigenvalue weighted by Gasteiger charge is -2.21. The van der Waals surface area contributed by atoms with Crippen LogP contribution >= 0.6 is 7.82 Å². The number of aliphatic hydroxyl groups is 1. The van der Waals surface area contributed by atoms with Crippen molar-refractivity contribution in [3.63, 3.8) is 0 Å². The lowest BCUT2D eigenvalue weighted by Crippen LogP contribution is -2.30. The van der Waals surface area contributed by atoms with Gasteiger partial charge in [0.2, 0.25) is 0 Å². The Balaban J connectivity index is 4.76. The van der Waals surface area contributed by atoms with Crippen LogP contribution in [0.1, 0.15) is 278 Å². The van der Waals surface area contributed by atoms with Crippen LogP contribution in [0.2, 0.25) is 0 Å². The molecule has 0 aliphatic heterocycles. The van der Waals surface area contributed by atoms with E-state index in [4.69, 9.17) is 23.3 Å². The summed E-state index contributed by atoms with van der Waals surface area (Å²) < 4.78 is 39.5. The molecule has 0 aromatic rings. The minimum Gasteiger partial charge on any atom is -0.462 e. The maximum absolute atomic E-state index is 12.9. The van der Waals surface area contributed by atoms with E-state index < -0.39 is 57.8 Å². The number of rotatable bonds is 57. The lowest BCUT2D eigenvalue weighted by atomic mass is 10.0. The quantitative estimate of drug-likeness (QED) is 0.0197. The highest BCUT2D eigenvalue weighted by molar-refractivity contribution is 7.47. The van der Waals surface area contributed by atoms with E-state index in [-0.39, 0.29) is 25.9 Å². The van der Waals surface area contributed by atoms with Gasteiger partial charge in [0.15, 0.2) is 6.10 Å². The highest BCUT2D eigenvalue weighted by Gasteiger charge is 2.28. The van der Waals surface area contributed by atoms with Crippen LogP contribution in [-0.2, 0) is 42.2 Å². The second kappa shape index (κ2) is 58.1.